The molecule has 6 nitrogen and oxygen atoms in total. The molecule has 1 aliphatic rings. The standard InChI is InChI=1S/C15H20N4O2/c1-3-17(4-2)14-7-8-18(11-14)13-5-6-15(19(20)21)12(9-13)10-16/h5-6,9,14H,3-4,7-8,11H2,1-2H3. The number of anilines is 1. The SMILES string of the molecule is CCN(CC)C1CCN(c2ccc([N+](=O)[O-])c(C#N)c2)C1. The first-order chi connectivity index (χ1) is 10.1. The van der Waals surface area contributed by atoms with Crippen LogP contribution < -0.4 is 4.90 Å². The molecule has 1 aromatic carbocycles. The van der Waals surface area contributed by atoms with E-state index in [9.17, 15) is 10.1 Å². The third kappa shape index (κ3) is 3.14. The molecular weight excluding hydrogens is 268 g/mol. The molecule has 0 aromatic heterocycles. The second-order valence-electron chi connectivity index (χ2n) is 5.18. The van der Waals surface area contributed by atoms with E-state index in [-0.39, 0.29) is 11.3 Å². The molecule has 0 amide bonds. The van der Waals surface area contributed by atoms with E-state index >= 15 is 0 Å². The Hall–Kier alpha value is -2.13. The summed E-state index contributed by atoms with van der Waals surface area (Å²) in [5.41, 5.74) is 0.899. The van der Waals surface area contributed by atoms with E-state index in [1.807, 2.05) is 6.07 Å². The molecular formula is C15H20N4O2. The molecule has 21 heavy (non-hydrogen) atoms. The van der Waals surface area contributed by atoms with Gasteiger partial charge in [0.1, 0.15) is 11.6 Å². The summed E-state index contributed by atoms with van der Waals surface area (Å²) in [5, 5.41) is 19.9. The van der Waals surface area contributed by atoms with Crippen molar-refractivity contribution in [2.24, 2.45) is 0 Å². The van der Waals surface area contributed by atoms with Gasteiger partial charge in [0.05, 0.1) is 4.92 Å². The van der Waals surface area contributed by atoms with Gasteiger partial charge in [-0.15, -0.1) is 0 Å². The number of hydrogen-bond acceptors (Lipinski definition) is 5. The van der Waals surface area contributed by atoms with Crippen molar-refractivity contribution in [1.82, 2.24) is 4.90 Å². The highest BCUT2D eigenvalue weighted by molar-refractivity contribution is 5.60. The number of likely N-dealkylation sites (N-methyl/N-ethyl adjacent to an activating group) is 1. The minimum Gasteiger partial charge on any atom is -0.370 e. The Balaban J connectivity index is 2.17. The number of benzene rings is 1. The van der Waals surface area contributed by atoms with Crippen LogP contribution in [-0.4, -0.2) is 42.0 Å². The first-order valence-corrected chi connectivity index (χ1v) is 7.28. The molecule has 1 atom stereocenters. The topological polar surface area (TPSA) is 73.4 Å². The summed E-state index contributed by atoms with van der Waals surface area (Å²) in [6, 6.07) is 7.23. The van der Waals surface area contributed by atoms with Crippen LogP contribution in [0, 0.1) is 21.4 Å². The minimum absolute atomic E-state index is 0.124. The fraction of sp³-hybridized carbons (Fsp3) is 0.533. The number of rotatable bonds is 5. The van der Waals surface area contributed by atoms with Crippen LogP contribution in [0.25, 0.3) is 0 Å². The first-order valence-electron chi connectivity index (χ1n) is 7.28. The fourth-order valence-electron chi connectivity index (χ4n) is 2.98. The predicted octanol–water partition coefficient (Wildman–Crippen LogP) is 2.39. The number of nitro benzene ring substituents is 1. The molecule has 0 aliphatic carbocycles. The van der Waals surface area contributed by atoms with Crippen LogP contribution in [0.2, 0.25) is 0 Å². The Bertz CT molecular complexity index is 563. The van der Waals surface area contributed by atoms with Crippen molar-refractivity contribution >= 4 is 11.4 Å². The lowest BCUT2D eigenvalue weighted by Gasteiger charge is -2.26. The van der Waals surface area contributed by atoms with Crippen LogP contribution in [0.1, 0.15) is 25.8 Å². The van der Waals surface area contributed by atoms with Gasteiger partial charge in [-0.3, -0.25) is 15.0 Å². The number of hydrogen-bond donors (Lipinski definition) is 0. The quantitative estimate of drug-likeness (QED) is 0.614. The van der Waals surface area contributed by atoms with Crippen LogP contribution in [0.15, 0.2) is 18.2 Å². The molecule has 2 rings (SSSR count). The summed E-state index contributed by atoms with van der Waals surface area (Å²) in [6.45, 7) is 8.20. The largest absolute Gasteiger partial charge is 0.370 e. The van der Waals surface area contributed by atoms with Gasteiger partial charge in [-0.05, 0) is 31.6 Å². The average molecular weight is 288 g/mol. The Morgan fingerprint density at radius 1 is 1.48 bits per heavy atom. The smallest absolute Gasteiger partial charge is 0.287 e. The summed E-state index contributed by atoms with van der Waals surface area (Å²) in [6.07, 6.45) is 1.08. The van der Waals surface area contributed by atoms with E-state index in [1.165, 1.54) is 6.07 Å². The lowest BCUT2D eigenvalue weighted by atomic mass is 10.1. The van der Waals surface area contributed by atoms with E-state index in [0.29, 0.717) is 6.04 Å². The van der Waals surface area contributed by atoms with Gasteiger partial charge in [-0.25, -0.2) is 0 Å². The van der Waals surface area contributed by atoms with Crippen molar-refractivity contribution in [2.75, 3.05) is 31.1 Å². The summed E-state index contributed by atoms with van der Waals surface area (Å²) >= 11 is 0. The van der Waals surface area contributed by atoms with Crippen LogP contribution in [0.4, 0.5) is 11.4 Å². The Morgan fingerprint density at radius 2 is 2.19 bits per heavy atom. The zero-order valence-electron chi connectivity index (χ0n) is 12.5. The molecule has 112 valence electrons. The maximum atomic E-state index is 10.9. The highest BCUT2D eigenvalue weighted by Crippen LogP contribution is 2.28. The summed E-state index contributed by atoms with van der Waals surface area (Å²) in [4.78, 5) is 15.0. The third-order valence-corrected chi connectivity index (χ3v) is 4.15. The van der Waals surface area contributed by atoms with Crippen molar-refractivity contribution in [1.29, 1.82) is 5.26 Å². The van der Waals surface area contributed by atoms with E-state index in [2.05, 4.69) is 23.6 Å². The fourth-order valence-corrected chi connectivity index (χ4v) is 2.98. The molecule has 0 radical (unpaired) electrons. The van der Waals surface area contributed by atoms with E-state index in [0.717, 1.165) is 38.3 Å². The van der Waals surface area contributed by atoms with Gasteiger partial charge in [-0.1, -0.05) is 13.8 Å². The molecule has 0 spiro atoms. The summed E-state index contributed by atoms with van der Waals surface area (Å²) in [7, 11) is 0. The lowest BCUT2D eigenvalue weighted by Crippen LogP contribution is -2.37. The summed E-state index contributed by atoms with van der Waals surface area (Å²) < 4.78 is 0. The molecule has 1 saturated heterocycles. The van der Waals surface area contributed by atoms with Crippen LogP contribution in [0.5, 0.6) is 0 Å². The van der Waals surface area contributed by atoms with E-state index in [4.69, 9.17) is 5.26 Å². The highest BCUT2D eigenvalue weighted by Gasteiger charge is 2.27. The Labute approximate surface area is 124 Å². The minimum atomic E-state index is -0.509. The molecule has 1 heterocycles. The monoisotopic (exact) mass is 288 g/mol. The van der Waals surface area contributed by atoms with Crippen molar-refractivity contribution in [2.45, 2.75) is 26.3 Å². The molecule has 0 saturated carbocycles. The number of nitriles is 1. The van der Waals surface area contributed by atoms with Crippen molar-refractivity contribution < 1.29 is 4.92 Å². The van der Waals surface area contributed by atoms with E-state index < -0.39 is 4.92 Å². The molecule has 0 N–H and O–H groups in total. The highest BCUT2D eigenvalue weighted by atomic mass is 16.6. The second-order valence-corrected chi connectivity index (χ2v) is 5.18. The second kappa shape index (κ2) is 6.55. The average Bonchev–Trinajstić information content (AvgIpc) is 2.97. The molecule has 1 aromatic rings. The number of nitro groups is 1. The predicted molar refractivity (Wildman–Crippen MR) is 81.4 cm³/mol. The van der Waals surface area contributed by atoms with Gasteiger partial charge in [0.15, 0.2) is 0 Å². The lowest BCUT2D eigenvalue weighted by molar-refractivity contribution is -0.385. The maximum Gasteiger partial charge on any atom is 0.287 e. The first kappa shape index (κ1) is 15.3. The molecule has 1 fully saturated rings. The van der Waals surface area contributed by atoms with Crippen LogP contribution in [-0.2, 0) is 0 Å². The van der Waals surface area contributed by atoms with Crippen LogP contribution >= 0.6 is 0 Å². The zero-order valence-corrected chi connectivity index (χ0v) is 12.5. The van der Waals surface area contributed by atoms with Crippen molar-refractivity contribution in [3.05, 3.63) is 33.9 Å². The Kier molecular flexibility index (Phi) is 4.76. The van der Waals surface area contributed by atoms with Crippen LogP contribution in [0.3, 0.4) is 0 Å². The zero-order chi connectivity index (χ0) is 15.4. The maximum absolute atomic E-state index is 10.9. The number of nitrogens with zero attached hydrogens (tertiary/aromatic N) is 4. The molecule has 6 heteroatoms. The third-order valence-electron chi connectivity index (χ3n) is 4.15. The van der Waals surface area contributed by atoms with Gasteiger partial charge >= 0.3 is 0 Å². The van der Waals surface area contributed by atoms with Crippen molar-refractivity contribution in [3.63, 3.8) is 0 Å². The van der Waals surface area contributed by atoms with Gasteiger partial charge < -0.3 is 4.90 Å². The van der Waals surface area contributed by atoms with Gasteiger partial charge in [0, 0.05) is 30.9 Å². The molecule has 0 bridgehead atoms. The summed E-state index contributed by atoms with van der Waals surface area (Å²) in [5.74, 6) is 0. The molecule has 1 unspecified atom stereocenters. The van der Waals surface area contributed by atoms with Gasteiger partial charge in [0.2, 0.25) is 0 Å². The Morgan fingerprint density at radius 3 is 2.76 bits per heavy atom. The normalized spacial score (nSPS) is 18.0. The van der Waals surface area contributed by atoms with Crippen molar-refractivity contribution in [3.8, 4) is 6.07 Å². The van der Waals surface area contributed by atoms with Gasteiger partial charge in [0.25, 0.3) is 5.69 Å². The molecule has 1 aliphatic heterocycles. The van der Waals surface area contributed by atoms with Gasteiger partial charge in [-0.2, -0.15) is 5.26 Å². The van der Waals surface area contributed by atoms with E-state index in [1.54, 1.807) is 12.1 Å².